The van der Waals surface area contributed by atoms with Gasteiger partial charge >= 0.3 is 0 Å². The summed E-state index contributed by atoms with van der Waals surface area (Å²) in [6, 6.07) is 19.8. The van der Waals surface area contributed by atoms with Crippen molar-refractivity contribution < 1.29 is 13.9 Å². The summed E-state index contributed by atoms with van der Waals surface area (Å²) >= 11 is 8.76. The van der Waals surface area contributed by atoms with Crippen molar-refractivity contribution in [1.29, 1.82) is 10.5 Å². The van der Waals surface area contributed by atoms with Crippen LogP contribution in [0.1, 0.15) is 60.1 Å². The molecule has 2 heterocycles. The van der Waals surface area contributed by atoms with E-state index in [0.29, 0.717) is 15.7 Å². The molecule has 1 fully saturated rings. The molecule has 5 rings (SSSR count). The largest absolute Gasteiger partial charge is 0.352 e. The fourth-order valence-corrected chi connectivity index (χ4v) is 4.18. The van der Waals surface area contributed by atoms with Crippen LogP contribution in [0.2, 0.25) is 5.02 Å². The van der Waals surface area contributed by atoms with Crippen molar-refractivity contribution in [3.8, 4) is 12.1 Å². The van der Waals surface area contributed by atoms with Crippen LogP contribution in [-0.2, 0) is 11.3 Å². The molecule has 0 bridgehead atoms. The third-order valence-corrected chi connectivity index (χ3v) is 6.45. The number of carbonyl (C=O) groups is 1. The molecule has 1 aliphatic heterocycles. The van der Waals surface area contributed by atoms with E-state index in [0.717, 1.165) is 17.9 Å². The van der Waals surface area contributed by atoms with Gasteiger partial charge in [0.1, 0.15) is 11.9 Å². The lowest BCUT2D eigenvalue weighted by atomic mass is 10.1. The highest BCUT2D eigenvalue weighted by Gasteiger charge is 2.47. The molecule has 9 heteroatoms. The number of ether oxygens (including phenoxy) is 1. The summed E-state index contributed by atoms with van der Waals surface area (Å²) in [6.07, 6.45) is 1.96. The van der Waals surface area contributed by atoms with Gasteiger partial charge < -0.3 is 9.64 Å². The van der Waals surface area contributed by atoms with E-state index in [9.17, 15) is 14.4 Å². The summed E-state index contributed by atoms with van der Waals surface area (Å²) in [6.45, 7) is 4.23. The number of amides is 1. The molecule has 2 aromatic carbocycles. The van der Waals surface area contributed by atoms with Crippen molar-refractivity contribution in [2.75, 3.05) is 6.61 Å². The smallest absolute Gasteiger partial charge is 0.257 e. The number of fused-ring (bicyclic) bond motifs is 1. The fraction of sp³-hybridized carbons (Fsp3) is 0.286. The molecule has 0 N–H and O–H groups in total. The standard InChI is InChI=1S/C20H14BrFN4O2.C6H5Cl.C2H6/c21-13-5-15-17(16(22)6-13)19(28-11-20(10-24)3-4-20)26(18(15)27)9-14-2-1-12(7-23)8-25-14;7-6-4-2-1-3-5-6;1-2/h1-2,5-6,8,19H,3-4,9,11H2;1-5H;1-2H3. The first-order valence-electron chi connectivity index (χ1n) is 11.7. The Bertz CT molecular complexity index is 1320. The normalized spacial score (nSPS) is 16.2. The lowest BCUT2D eigenvalue weighted by Gasteiger charge is -2.26. The van der Waals surface area contributed by atoms with Crippen molar-refractivity contribution >= 4 is 33.4 Å². The Balaban J connectivity index is 0.000000361. The molecule has 6 nitrogen and oxygen atoms in total. The lowest BCUT2D eigenvalue weighted by Crippen LogP contribution is -2.31. The Labute approximate surface area is 229 Å². The van der Waals surface area contributed by atoms with Crippen LogP contribution in [0.25, 0.3) is 0 Å². The summed E-state index contributed by atoms with van der Waals surface area (Å²) in [5.74, 6) is -0.909. The highest BCUT2D eigenvalue weighted by molar-refractivity contribution is 9.10. The topological polar surface area (TPSA) is 90.0 Å². The van der Waals surface area contributed by atoms with E-state index >= 15 is 0 Å². The van der Waals surface area contributed by atoms with Crippen LogP contribution in [0.15, 0.2) is 65.3 Å². The molecule has 1 aromatic heterocycles. The van der Waals surface area contributed by atoms with Gasteiger partial charge in [-0.15, -0.1) is 0 Å². The van der Waals surface area contributed by atoms with Gasteiger partial charge in [0.15, 0.2) is 6.23 Å². The molecule has 0 spiro atoms. The van der Waals surface area contributed by atoms with E-state index in [4.69, 9.17) is 21.6 Å². The molecular formula is C28H25BrClFN4O2. The SMILES string of the molecule is CC.Clc1ccccc1.N#Cc1ccc(CN2C(=O)c3cc(Br)cc(F)c3C2OCC2(C#N)CC2)nc1. The Morgan fingerprint density at radius 3 is 2.41 bits per heavy atom. The van der Waals surface area contributed by atoms with Crippen molar-refractivity contribution in [1.82, 2.24) is 9.88 Å². The van der Waals surface area contributed by atoms with Crippen molar-refractivity contribution in [2.24, 2.45) is 5.41 Å². The molecule has 1 aliphatic carbocycles. The fourth-order valence-electron chi connectivity index (χ4n) is 3.61. The number of benzene rings is 2. The second kappa shape index (κ2) is 12.8. The van der Waals surface area contributed by atoms with Gasteiger partial charge in [0.05, 0.1) is 41.5 Å². The van der Waals surface area contributed by atoms with Gasteiger partial charge in [0.2, 0.25) is 0 Å². The summed E-state index contributed by atoms with van der Waals surface area (Å²) in [4.78, 5) is 18.6. The summed E-state index contributed by atoms with van der Waals surface area (Å²) in [5, 5.41) is 19.0. The van der Waals surface area contributed by atoms with E-state index in [1.54, 1.807) is 18.2 Å². The number of hydrogen-bond donors (Lipinski definition) is 0. The molecule has 2 aliphatic rings. The van der Waals surface area contributed by atoms with Gasteiger partial charge in [-0.2, -0.15) is 10.5 Å². The first-order chi connectivity index (χ1) is 17.9. The molecule has 37 heavy (non-hydrogen) atoms. The maximum Gasteiger partial charge on any atom is 0.257 e. The van der Waals surface area contributed by atoms with E-state index in [1.165, 1.54) is 17.2 Å². The average molecular weight is 584 g/mol. The third-order valence-electron chi connectivity index (χ3n) is 5.74. The Morgan fingerprint density at radius 2 is 1.89 bits per heavy atom. The minimum atomic E-state index is -0.932. The van der Waals surface area contributed by atoms with Gasteiger partial charge in [0, 0.05) is 21.3 Å². The van der Waals surface area contributed by atoms with Gasteiger partial charge in [-0.1, -0.05) is 59.6 Å². The number of carbonyl (C=O) groups excluding carboxylic acids is 1. The van der Waals surface area contributed by atoms with E-state index in [-0.39, 0.29) is 30.2 Å². The first kappa shape index (κ1) is 28.3. The van der Waals surface area contributed by atoms with E-state index in [2.05, 4.69) is 27.0 Å². The average Bonchev–Trinajstić information content (AvgIpc) is 3.66. The zero-order chi connectivity index (χ0) is 27.0. The number of rotatable bonds is 5. The lowest BCUT2D eigenvalue weighted by molar-refractivity contribution is -0.0552. The second-order valence-corrected chi connectivity index (χ2v) is 9.64. The Kier molecular flexibility index (Phi) is 9.77. The molecule has 0 radical (unpaired) electrons. The van der Waals surface area contributed by atoms with Crippen LogP contribution < -0.4 is 0 Å². The predicted octanol–water partition coefficient (Wildman–Crippen LogP) is 7.20. The molecule has 1 saturated carbocycles. The van der Waals surface area contributed by atoms with Crippen molar-refractivity contribution in [3.05, 3.63) is 98.5 Å². The van der Waals surface area contributed by atoms with E-state index < -0.39 is 17.5 Å². The maximum absolute atomic E-state index is 14.7. The highest BCUT2D eigenvalue weighted by Crippen LogP contribution is 2.47. The number of pyridine rings is 1. The molecular weight excluding hydrogens is 559 g/mol. The van der Waals surface area contributed by atoms with Gasteiger partial charge in [0.25, 0.3) is 5.91 Å². The Hall–Kier alpha value is -3.30. The number of halogens is 3. The molecule has 0 saturated heterocycles. The monoisotopic (exact) mass is 582 g/mol. The third kappa shape index (κ3) is 6.93. The van der Waals surface area contributed by atoms with Crippen molar-refractivity contribution in [3.63, 3.8) is 0 Å². The van der Waals surface area contributed by atoms with Crippen LogP contribution in [-0.4, -0.2) is 22.4 Å². The Morgan fingerprint density at radius 1 is 1.19 bits per heavy atom. The minimum Gasteiger partial charge on any atom is -0.352 e. The summed E-state index contributed by atoms with van der Waals surface area (Å²) in [7, 11) is 0. The van der Waals surface area contributed by atoms with Gasteiger partial charge in [-0.25, -0.2) is 4.39 Å². The van der Waals surface area contributed by atoms with Gasteiger partial charge in [-0.05, 0) is 49.2 Å². The molecule has 1 amide bonds. The zero-order valence-corrected chi connectivity index (χ0v) is 22.8. The highest BCUT2D eigenvalue weighted by atomic mass is 79.9. The van der Waals surface area contributed by atoms with Crippen LogP contribution in [0.3, 0.4) is 0 Å². The summed E-state index contributed by atoms with van der Waals surface area (Å²) in [5.41, 5.74) is 0.820. The number of hydrogen-bond acceptors (Lipinski definition) is 5. The maximum atomic E-state index is 14.7. The predicted molar refractivity (Wildman–Crippen MR) is 142 cm³/mol. The first-order valence-corrected chi connectivity index (χ1v) is 12.9. The molecule has 190 valence electrons. The molecule has 1 atom stereocenters. The minimum absolute atomic E-state index is 0.0977. The van der Waals surface area contributed by atoms with E-state index in [1.807, 2.05) is 50.2 Å². The second-order valence-electron chi connectivity index (χ2n) is 8.28. The molecule has 1 unspecified atom stereocenters. The summed E-state index contributed by atoms with van der Waals surface area (Å²) < 4.78 is 21.1. The van der Waals surface area contributed by atoms with Crippen LogP contribution in [0.5, 0.6) is 0 Å². The number of aromatic nitrogens is 1. The van der Waals surface area contributed by atoms with Crippen molar-refractivity contribution in [2.45, 2.75) is 39.5 Å². The van der Waals surface area contributed by atoms with Crippen LogP contribution in [0, 0.1) is 33.9 Å². The quantitative estimate of drug-likeness (QED) is 0.317. The van der Waals surface area contributed by atoms with Crippen LogP contribution >= 0.6 is 27.5 Å². The van der Waals surface area contributed by atoms with Gasteiger partial charge in [-0.3, -0.25) is 9.78 Å². The van der Waals surface area contributed by atoms with Crippen LogP contribution in [0.4, 0.5) is 4.39 Å². The zero-order valence-electron chi connectivity index (χ0n) is 20.4. The molecule has 3 aromatic rings. The number of nitrogens with zero attached hydrogens (tertiary/aromatic N) is 4. The number of nitriles is 2.